The maximum atomic E-state index is 12.2. The highest BCUT2D eigenvalue weighted by Crippen LogP contribution is 2.17. The Hall–Kier alpha value is -1.84. The van der Waals surface area contributed by atoms with Gasteiger partial charge in [0.2, 0.25) is 0 Å². The molecule has 0 aliphatic carbocycles. The quantitative estimate of drug-likeness (QED) is 0.319. The molecule has 1 heterocycles. The molecule has 0 unspecified atom stereocenters. The predicted octanol–water partition coefficient (Wildman–Crippen LogP) is 3.75. The first-order valence-corrected chi connectivity index (χ1v) is 10.8. The molecule has 1 aliphatic rings. The van der Waals surface area contributed by atoms with Gasteiger partial charge in [-0.1, -0.05) is 24.3 Å². The van der Waals surface area contributed by atoms with Crippen LogP contribution in [0.1, 0.15) is 37.3 Å². The van der Waals surface area contributed by atoms with Crippen LogP contribution in [0.15, 0.2) is 29.3 Å². The van der Waals surface area contributed by atoms with Crippen LogP contribution >= 0.6 is 0 Å². The van der Waals surface area contributed by atoms with E-state index in [2.05, 4.69) is 10.2 Å². The van der Waals surface area contributed by atoms with E-state index in [-0.39, 0.29) is 12.7 Å². The molecule has 1 N–H and O–H groups in total. The third kappa shape index (κ3) is 10.3. The van der Waals surface area contributed by atoms with Gasteiger partial charge in [0.1, 0.15) is 6.61 Å². The molecular formula is C22H34F3N3O3. The monoisotopic (exact) mass is 445 g/mol. The fourth-order valence-corrected chi connectivity index (χ4v) is 3.31. The van der Waals surface area contributed by atoms with E-state index in [9.17, 15) is 13.2 Å². The first kappa shape index (κ1) is 25.4. The van der Waals surface area contributed by atoms with Crippen molar-refractivity contribution in [2.24, 2.45) is 4.99 Å². The molecule has 0 bridgehead atoms. The number of benzene rings is 1. The SMILES string of the molecule is CCNC(=NCc1ccc(COCC(F)(F)F)cc1)N1CCC(OCCCOC)CC1. The summed E-state index contributed by atoms with van der Waals surface area (Å²) in [5.41, 5.74) is 1.70. The number of likely N-dealkylation sites (tertiary alicyclic amines) is 1. The zero-order valence-corrected chi connectivity index (χ0v) is 18.4. The standard InChI is InChI=1S/C22H34F3N3O3/c1-3-26-21(28-11-9-20(10-12-28)31-14-4-13-29-2)27-15-18-5-7-19(8-6-18)16-30-17-22(23,24)25/h5-8,20H,3-4,9-17H2,1-2H3,(H,26,27). The Kier molecular flexibility index (Phi) is 11.1. The Labute approximate surface area is 182 Å². The highest BCUT2D eigenvalue weighted by atomic mass is 19.4. The molecule has 1 fully saturated rings. The lowest BCUT2D eigenvalue weighted by Crippen LogP contribution is -2.47. The molecule has 6 nitrogen and oxygen atoms in total. The molecule has 176 valence electrons. The van der Waals surface area contributed by atoms with E-state index in [0.29, 0.717) is 12.1 Å². The van der Waals surface area contributed by atoms with Crippen molar-refractivity contribution in [3.8, 4) is 0 Å². The molecule has 1 saturated heterocycles. The minimum atomic E-state index is -4.30. The number of alkyl halides is 3. The number of rotatable bonds is 11. The van der Waals surface area contributed by atoms with Gasteiger partial charge in [-0.25, -0.2) is 4.99 Å². The normalized spacial score (nSPS) is 16.0. The summed E-state index contributed by atoms with van der Waals surface area (Å²) in [5.74, 6) is 0.873. The molecule has 2 rings (SSSR count). The smallest absolute Gasteiger partial charge is 0.385 e. The third-order valence-corrected chi connectivity index (χ3v) is 4.89. The molecule has 0 atom stereocenters. The summed E-state index contributed by atoms with van der Waals surface area (Å²) >= 11 is 0. The summed E-state index contributed by atoms with van der Waals surface area (Å²) in [4.78, 5) is 6.99. The van der Waals surface area contributed by atoms with Crippen LogP contribution in [0.25, 0.3) is 0 Å². The van der Waals surface area contributed by atoms with E-state index in [1.807, 2.05) is 19.1 Å². The highest BCUT2D eigenvalue weighted by molar-refractivity contribution is 5.80. The van der Waals surface area contributed by atoms with Crippen LogP contribution in [0.5, 0.6) is 0 Å². The van der Waals surface area contributed by atoms with Crippen molar-refractivity contribution in [2.75, 3.05) is 46.6 Å². The summed E-state index contributed by atoms with van der Waals surface area (Å²) in [5, 5.41) is 3.34. The van der Waals surface area contributed by atoms with Gasteiger partial charge in [0.25, 0.3) is 0 Å². The fourth-order valence-electron chi connectivity index (χ4n) is 3.31. The second-order valence-corrected chi connectivity index (χ2v) is 7.50. The van der Waals surface area contributed by atoms with Gasteiger partial charge in [0.15, 0.2) is 5.96 Å². The van der Waals surface area contributed by atoms with Gasteiger partial charge in [-0.2, -0.15) is 13.2 Å². The summed E-state index contributed by atoms with van der Waals surface area (Å²) in [7, 11) is 1.70. The molecule has 9 heteroatoms. The zero-order chi connectivity index (χ0) is 22.5. The van der Waals surface area contributed by atoms with E-state index in [0.717, 1.165) is 63.6 Å². The van der Waals surface area contributed by atoms with Gasteiger partial charge in [-0.05, 0) is 37.3 Å². The molecule has 1 aromatic carbocycles. The van der Waals surface area contributed by atoms with Crippen molar-refractivity contribution >= 4 is 5.96 Å². The molecule has 1 aromatic rings. The molecule has 31 heavy (non-hydrogen) atoms. The number of ether oxygens (including phenoxy) is 3. The number of guanidine groups is 1. The number of piperidine rings is 1. The molecule has 0 spiro atoms. The lowest BCUT2D eigenvalue weighted by molar-refractivity contribution is -0.176. The van der Waals surface area contributed by atoms with Crippen LogP contribution in [0.3, 0.4) is 0 Å². The Morgan fingerprint density at radius 3 is 2.42 bits per heavy atom. The number of methoxy groups -OCH3 is 1. The Balaban J connectivity index is 1.80. The second kappa shape index (κ2) is 13.5. The first-order chi connectivity index (χ1) is 14.9. The summed E-state index contributed by atoms with van der Waals surface area (Å²) < 4.78 is 52.1. The minimum Gasteiger partial charge on any atom is -0.385 e. The number of halogens is 3. The average molecular weight is 446 g/mol. The third-order valence-electron chi connectivity index (χ3n) is 4.89. The number of hydrogen-bond donors (Lipinski definition) is 1. The second-order valence-electron chi connectivity index (χ2n) is 7.50. The number of nitrogens with one attached hydrogen (secondary N) is 1. The molecule has 1 aliphatic heterocycles. The zero-order valence-electron chi connectivity index (χ0n) is 18.4. The van der Waals surface area contributed by atoms with Crippen LogP contribution in [0.2, 0.25) is 0 Å². The maximum absolute atomic E-state index is 12.2. The molecule has 0 radical (unpaired) electrons. The van der Waals surface area contributed by atoms with Crippen molar-refractivity contribution in [3.63, 3.8) is 0 Å². The van der Waals surface area contributed by atoms with Crippen molar-refractivity contribution in [3.05, 3.63) is 35.4 Å². The van der Waals surface area contributed by atoms with Gasteiger partial charge in [-0.3, -0.25) is 0 Å². The predicted molar refractivity (Wildman–Crippen MR) is 114 cm³/mol. The van der Waals surface area contributed by atoms with Crippen LogP contribution < -0.4 is 5.32 Å². The number of hydrogen-bond acceptors (Lipinski definition) is 4. The van der Waals surface area contributed by atoms with Gasteiger partial charge < -0.3 is 24.4 Å². The van der Waals surface area contributed by atoms with Gasteiger partial charge >= 0.3 is 6.18 Å². The summed E-state index contributed by atoms with van der Waals surface area (Å²) in [6.45, 7) is 5.24. The van der Waals surface area contributed by atoms with Gasteiger partial charge in [0.05, 0.1) is 19.3 Å². The van der Waals surface area contributed by atoms with Crippen molar-refractivity contribution in [2.45, 2.75) is 51.6 Å². The molecule has 0 aromatic heterocycles. The van der Waals surface area contributed by atoms with E-state index >= 15 is 0 Å². The maximum Gasteiger partial charge on any atom is 0.411 e. The van der Waals surface area contributed by atoms with Crippen LogP contribution in [-0.4, -0.2) is 69.7 Å². The lowest BCUT2D eigenvalue weighted by Gasteiger charge is -2.34. The van der Waals surface area contributed by atoms with E-state index in [1.165, 1.54) is 0 Å². The van der Waals surface area contributed by atoms with E-state index in [4.69, 9.17) is 19.2 Å². The minimum absolute atomic E-state index is 0.0613. The van der Waals surface area contributed by atoms with E-state index < -0.39 is 12.8 Å². The molecule has 0 saturated carbocycles. The average Bonchev–Trinajstić information content (AvgIpc) is 2.75. The number of aliphatic imine (C=N–C) groups is 1. The highest BCUT2D eigenvalue weighted by Gasteiger charge is 2.27. The summed E-state index contributed by atoms with van der Waals surface area (Å²) in [6.07, 6.45) is -1.19. The Morgan fingerprint density at radius 1 is 1.13 bits per heavy atom. The summed E-state index contributed by atoms with van der Waals surface area (Å²) in [6, 6.07) is 7.31. The van der Waals surface area contributed by atoms with Gasteiger partial charge in [-0.15, -0.1) is 0 Å². The molecular weight excluding hydrogens is 411 g/mol. The number of nitrogens with zero attached hydrogens (tertiary/aromatic N) is 2. The van der Waals surface area contributed by atoms with E-state index in [1.54, 1.807) is 19.2 Å². The van der Waals surface area contributed by atoms with Crippen molar-refractivity contribution in [1.29, 1.82) is 0 Å². The van der Waals surface area contributed by atoms with Crippen molar-refractivity contribution < 1.29 is 27.4 Å². The van der Waals surface area contributed by atoms with Gasteiger partial charge in [0, 0.05) is 40.0 Å². The largest absolute Gasteiger partial charge is 0.411 e. The van der Waals surface area contributed by atoms with Crippen LogP contribution in [0, 0.1) is 0 Å². The molecule has 0 amide bonds. The van der Waals surface area contributed by atoms with Crippen molar-refractivity contribution in [1.82, 2.24) is 10.2 Å². The van der Waals surface area contributed by atoms with Crippen LogP contribution in [0.4, 0.5) is 13.2 Å². The Bertz CT molecular complexity index is 646. The Morgan fingerprint density at radius 2 is 1.81 bits per heavy atom. The topological polar surface area (TPSA) is 55.3 Å². The van der Waals surface area contributed by atoms with Crippen LogP contribution in [-0.2, 0) is 27.4 Å². The first-order valence-electron chi connectivity index (χ1n) is 10.8. The fraction of sp³-hybridized carbons (Fsp3) is 0.682. The lowest BCUT2D eigenvalue weighted by atomic mass is 10.1.